The van der Waals surface area contributed by atoms with Gasteiger partial charge in [0.1, 0.15) is 17.4 Å². The second-order valence-corrected chi connectivity index (χ2v) is 7.41. The van der Waals surface area contributed by atoms with Crippen LogP contribution in [0, 0.1) is 0 Å². The Kier molecular flexibility index (Phi) is 4.30. The maximum absolute atomic E-state index is 13.1. The molecule has 1 unspecified atom stereocenters. The predicted octanol–water partition coefficient (Wildman–Crippen LogP) is 4.57. The number of carbonyl (C=O) groups excluding carboxylic acids is 1. The first-order chi connectivity index (χ1) is 13.3. The SMILES string of the molecule is O=C1c2ccccc2C(OCCN2CCCCC2)c2oc3ccccc3c21. The summed E-state index contributed by atoms with van der Waals surface area (Å²) in [6, 6.07) is 15.5. The summed E-state index contributed by atoms with van der Waals surface area (Å²) in [6.45, 7) is 3.85. The van der Waals surface area contributed by atoms with Gasteiger partial charge in [-0.15, -0.1) is 0 Å². The molecule has 1 saturated heterocycles. The summed E-state index contributed by atoms with van der Waals surface area (Å²) in [5.41, 5.74) is 3.03. The summed E-state index contributed by atoms with van der Waals surface area (Å²) < 4.78 is 12.4. The molecule has 0 saturated carbocycles. The highest BCUT2D eigenvalue weighted by atomic mass is 16.5. The third-order valence-corrected chi connectivity index (χ3v) is 5.72. The fourth-order valence-corrected chi connectivity index (χ4v) is 4.34. The summed E-state index contributed by atoms with van der Waals surface area (Å²) in [5, 5.41) is 0.872. The molecule has 1 aliphatic carbocycles. The second kappa shape index (κ2) is 6.95. The Hall–Kier alpha value is -2.43. The third-order valence-electron chi connectivity index (χ3n) is 5.72. The molecule has 27 heavy (non-hydrogen) atoms. The minimum Gasteiger partial charge on any atom is -0.457 e. The number of hydrogen-bond donors (Lipinski definition) is 0. The minimum absolute atomic E-state index is 0.0291. The molecule has 1 atom stereocenters. The van der Waals surface area contributed by atoms with E-state index in [2.05, 4.69) is 4.90 Å². The highest BCUT2D eigenvalue weighted by molar-refractivity contribution is 6.19. The molecule has 2 heterocycles. The van der Waals surface area contributed by atoms with Gasteiger partial charge in [-0.05, 0) is 37.6 Å². The van der Waals surface area contributed by atoms with Crippen LogP contribution in [0.2, 0.25) is 0 Å². The lowest BCUT2D eigenvalue weighted by Gasteiger charge is -2.28. The maximum Gasteiger partial charge on any atom is 0.197 e. The van der Waals surface area contributed by atoms with Gasteiger partial charge in [0.05, 0.1) is 12.2 Å². The lowest BCUT2D eigenvalue weighted by Crippen LogP contribution is -2.33. The number of ether oxygens (including phenoxy) is 1. The predicted molar refractivity (Wildman–Crippen MR) is 104 cm³/mol. The summed E-state index contributed by atoms with van der Waals surface area (Å²) in [7, 11) is 0. The molecule has 1 aliphatic heterocycles. The zero-order valence-electron chi connectivity index (χ0n) is 15.3. The van der Waals surface area contributed by atoms with E-state index in [-0.39, 0.29) is 11.9 Å². The van der Waals surface area contributed by atoms with Gasteiger partial charge in [-0.2, -0.15) is 0 Å². The van der Waals surface area contributed by atoms with E-state index < -0.39 is 0 Å². The summed E-state index contributed by atoms with van der Waals surface area (Å²) in [4.78, 5) is 15.6. The zero-order chi connectivity index (χ0) is 18.2. The van der Waals surface area contributed by atoms with Gasteiger partial charge in [-0.3, -0.25) is 4.79 Å². The quantitative estimate of drug-likeness (QED) is 0.683. The normalized spacial score (nSPS) is 19.9. The number of likely N-dealkylation sites (tertiary alicyclic amines) is 1. The Bertz CT molecular complexity index is 984. The van der Waals surface area contributed by atoms with E-state index in [1.165, 1.54) is 19.3 Å². The largest absolute Gasteiger partial charge is 0.457 e. The van der Waals surface area contributed by atoms with Crippen LogP contribution in [0.4, 0.5) is 0 Å². The number of furan rings is 1. The monoisotopic (exact) mass is 361 g/mol. The first-order valence-electron chi connectivity index (χ1n) is 9.82. The van der Waals surface area contributed by atoms with Crippen molar-refractivity contribution >= 4 is 16.8 Å². The molecule has 1 fully saturated rings. The van der Waals surface area contributed by atoms with Crippen LogP contribution in [-0.4, -0.2) is 36.9 Å². The number of benzene rings is 2. The third kappa shape index (κ3) is 2.89. The molecule has 138 valence electrons. The summed E-state index contributed by atoms with van der Waals surface area (Å²) >= 11 is 0. The van der Waals surface area contributed by atoms with Crippen molar-refractivity contribution in [3.05, 3.63) is 71.0 Å². The molecule has 2 aliphatic rings. The van der Waals surface area contributed by atoms with E-state index in [0.29, 0.717) is 17.9 Å². The summed E-state index contributed by atoms with van der Waals surface area (Å²) in [6.07, 6.45) is 3.55. The Balaban J connectivity index is 1.49. The van der Waals surface area contributed by atoms with Gasteiger partial charge >= 0.3 is 0 Å². The molecular weight excluding hydrogens is 338 g/mol. The van der Waals surface area contributed by atoms with Crippen LogP contribution in [0.3, 0.4) is 0 Å². The standard InChI is InChI=1S/C23H23NO3/c25-21-16-8-2-3-9-17(16)22(26-15-14-24-12-6-1-7-13-24)23-20(21)18-10-4-5-11-19(18)27-23/h2-5,8-11,22H,1,6-7,12-15H2. The maximum atomic E-state index is 13.1. The fourth-order valence-electron chi connectivity index (χ4n) is 4.34. The zero-order valence-corrected chi connectivity index (χ0v) is 15.3. The fraction of sp³-hybridized carbons (Fsp3) is 0.348. The van der Waals surface area contributed by atoms with Crippen molar-refractivity contribution in [3.63, 3.8) is 0 Å². The molecule has 2 aromatic carbocycles. The Labute approximate surface area is 158 Å². The van der Waals surface area contributed by atoms with Gasteiger partial charge in [-0.1, -0.05) is 48.9 Å². The van der Waals surface area contributed by atoms with Gasteiger partial charge in [0.15, 0.2) is 5.78 Å². The van der Waals surface area contributed by atoms with E-state index in [4.69, 9.17) is 9.15 Å². The highest BCUT2D eigenvalue weighted by Gasteiger charge is 2.36. The molecule has 5 rings (SSSR count). The van der Waals surface area contributed by atoms with Crippen molar-refractivity contribution in [1.82, 2.24) is 4.90 Å². The van der Waals surface area contributed by atoms with E-state index in [0.717, 1.165) is 41.7 Å². The Morgan fingerprint density at radius 2 is 1.78 bits per heavy atom. The lowest BCUT2D eigenvalue weighted by molar-refractivity contribution is 0.0424. The molecule has 4 nitrogen and oxygen atoms in total. The van der Waals surface area contributed by atoms with Crippen LogP contribution in [0.15, 0.2) is 52.9 Å². The number of fused-ring (bicyclic) bond motifs is 4. The lowest BCUT2D eigenvalue weighted by atomic mass is 9.86. The number of rotatable bonds is 4. The molecule has 0 spiro atoms. The number of piperidine rings is 1. The summed E-state index contributed by atoms with van der Waals surface area (Å²) in [5.74, 6) is 0.681. The van der Waals surface area contributed by atoms with Crippen molar-refractivity contribution in [2.24, 2.45) is 0 Å². The van der Waals surface area contributed by atoms with Gasteiger partial charge in [0.25, 0.3) is 0 Å². The van der Waals surface area contributed by atoms with Crippen LogP contribution in [0.1, 0.15) is 52.6 Å². The van der Waals surface area contributed by atoms with Crippen LogP contribution < -0.4 is 0 Å². The van der Waals surface area contributed by atoms with Crippen molar-refractivity contribution in [2.45, 2.75) is 25.4 Å². The minimum atomic E-state index is -0.328. The molecule has 3 aromatic rings. The average molecular weight is 361 g/mol. The highest BCUT2D eigenvalue weighted by Crippen LogP contribution is 2.42. The molecular formula is C23H23NO3. The Morgan fingerprint density at radius 3 is 2.67 bits per heavy atom. The number of nitrogens with zero attached hydrogens (tertiary/aromatic N) is 1. The smallest absolute Gasteiger partial charge is 0.197 e. The molecule has 0 bridgehead atoms. The van der Waals surface area contributed by atoms with E-state index in [1.807, 2.05) is 48.5 Å². The van der Waals surface area contributed by atoms with Crippen molar-refractivity contribution in [1.29, 1.82) is 0 Å². The molecule has 0 amide bonds. The van der Waals surface area contributed by atoms with Crippen LogP contribution in [0.5, 0.6) is 0 Å². The first-order valence-corrected chi connectivity index (χ1v) is 9.82. The van der Waals surface area contributed by atoms with E-state index in [9.17, 15) is 4.79 Å². The van der Waals surface area contributed by atoms with Crippen molar-refractivity contribution in [3.8, 4) is 0 Å². The number of carbonyl (C=O) groups is 1. The van der Waals surface area contributed by atoms with Crippen molar-refractivity contribution < 1.29 is 13.9 Å². The molecule has 4 heteroatoms. The average Bonchev–Trinajstić information content (AvgIpc) is 3.11. The first kappa shape index (κ1) is 16.7. The van der Waals surface area contributed by atoms with E-state index >= 15 is 0 Å². The second-order valence-electron chi connectivity index (χ2n) is 7.41. The molecule has 0 N–H and O–H groups in total. The Morgan fingerprint density at radius 1 is 1.00 bits per heavy atom. The van der Waals surface area contributed by atoms with Crippen molar-refractivity contribution in [2.75, 3.05) is 26.2 Å². The van der Waals surface area contributed by atoms with Gasteiger partial charge in [0, 0.05) is 17.5 Å². The van der Waals surface area contributed by atoms with Crippen LogP contribution in [0.25, 0.3) is 11.0 Å². The van der Waals surface area contributed by atoms with Gasteiger partial charge in [0.2, 0.25) is 0 Å². The van der Waals surface area contributed by atoms with E-state index in [1.54, 1.807) is 0 Å². The number of para-hydroxylation sites is 1. The van der Waals surface area contributed by atoms with Gasteiger partial charge in [-0.25, -0.2) is 0 Å². The van der Waals surface area contributed by atoms with Crippen LogP contribution in [-0.2, 0) is 4.74 Å². The molecule has 0 radical (unpaired) electrons. The molecule has 1 aromatic heterocycles. The number of hydrogen-bond acceptors (Lipinski definition) is 4. The topological polar surface area (TPSA) is 42.7 Å². The van der Waals surface area contributed by atoms with Crippen LogP contribution >= 0.6 is 0 Å². The number of ketones is 1. The van der Waals surface area contributed by atoms with Gasteiger partial charge < -0.3 is 14.1 Å².